The first-order chi connectivity index (χ1) is 6.06. The zero-order valence-corrected chi connectivity index (χ0v) is 7.39. The highest BCUT2D eigenvalue weighted by molar-refractivity contribution is 5.67. The maximum absolute atomic E-state index is 10.2. The summed E-state index contributed by atoms with van der Waals surface area (Å²) < 4.78 is 0. The van der Waals surface area contributed by atoms with Crippen molar-refractivity contribution in [3.05, 3.63) is 0 Å². The van der Waals surface area contributed by atoms with Gasteiger partial charge in [-0.3, -0.25) is 9.59 Å². The molecule has 0 aliphatic carbocycles. The Bertz CT molecular complexity index is 164. The van der Waals surface area contributed by atoms with Crippen LogP contribution in [0, 0.1) is 0 Å². The Hall–Kier alpha value is -1.14. The van der Waals surface area contributed by atoms with E-state index in [1.54, 1.807) is 0 Å². The van der Waals surface area contributed by atoms with Gasteiger partial charge < -0.3 is 15.1 Å². The summed E-state index contributed by atoms with van der Waals surface area (Å²) in [6.45, 7) is 0.387. The number of nitrogens with zero attached hydrogens (tertiary/aromatic N) is 1. The summed E-state index contributed by atoms with van der Waals surface area (Å²) in [4.78, 5) is 25.1. The molecule has 2 N–H and O–H groups in total. The van der Waals surface area contributed by atoms with Crippen molar-refractivity contribution in [3.8, 4) is 0 Å². The molecule has 0 unspecified atom stereocenters. The molecule has 0 aromatic rings. The van der Waals surface area contributed by atoms with Crippen LogP contribution < -0.4 is 0 Å². The fraction of sp³-hybridized carbons (Fsp3) is 0.714. The molecule has 6 nitrogen and oxygen atoms in total. The van der Waals surface area contributed by atoms with E-state index in [9.17, 15) is 9.59 Å². The summed E-state index contributed by atoms with van der Waals surface area (Å²) in [6, 6.07) is 0. The van der Waals surface area contributed by atoms with Gasteiger partial charge in [0.2, 0.25) is 0 Å². The van der Waals surface area contributed by atoms with Gasteiger partial charge in [-0.1, -0.05) is 0 Å². The van der Waals surface area contributed by atoms with Gasteiger partial charge in [0.15, 0.2) is 0 Å². The lowest BCUT2D eigenvalue weighted by Crippen LogP contribution is -2.27. The van der Waals surface area contributed by atoms with Crippen LogP contribution in [0.25, 0.3) is 0 Å². The molecule has 0 saturated heterocycles. The molecule has 0 heterocycles. The lowest BCUT2D eigenvalue weighted by atomic mass is 10.4. The highest BCUT2D eigenvalue weighted by atomic mass is 16.7. The van der Waals surface area contributed by atoms with Crippen molar-refractivity contribution in [1.82, 2.24) is 5.06 Å². The molecule has 0 aromatic carbocycles. The lowest BCUT2D eigenvalue weighted by Gasteiger charge is -2.16. The number of aliphatic carboxylic acids is 2. The first-order valence-corrected chi connectivity index (χ1v) is 3.79. The largest absolute Gasteiger partial charge is 0.481 e. The molecule has 0 aromatic heterocycles. The normalized spacial score (nSPS) is 10.3. The van der Waals surface area contributed by atoms with Crippen LogP contribution in [-0.2, 0) is 14.4 Å². The average Bonchev–Trinajstić information content (AvgIpc) is 2.04. The molecule has 6 heteroatoms. The van der Waals surface area contributed by atoms with Gasteiger partial charge in [-0.15, -0.1) is 0 Å². The molecule has 13 heavy (non-hydrogen) atoms. The zero-order valence-electron chi connectivity index (χ0n) is 7.39. The second-order valence-corrected chi connectivity index (χ2v) is 2.40. The first-order valence-electron chi connectivity index (χ1n) is 3.79. The van der Waals surface area contributed by atoms with Crippen molar-refractivity contribution in [1.29, 1.82) is 0 Å². The SMILES string of the molecule is CON(CCC(=O)O)CCC(=O)O. The molecule has 0 radical (unpaired) electrons. The Balaban J connectivity index is 3.63. The number of hydrogen-bond acceptors (Lipinski definition) is 4. The van der Waals surface area contributed by atoms with E-state index < -0.39 is 11.9 Å². The maximum Gasteiger partial charge on any atom is 0.304 e. The van der Waals surface area contributed by atoms with E-state index in [0.29, 0.717) is 0 Å². The van der Waals surface area contributed by atoms with E-state index in [1.165, 1.54) is 12.2 Å². The van der Waals surface area contributed by atoms with Gasteiger partial charge in [0, 0.05) is 13.1 Å². The number of carbonyl (C=O) groups is 2. The van der Waals surface area contributed by atoms with E-state index in [0.717, 1.165) is 0 Å². The minimum atomic E-state index is -0.933. The highest BCUT2D eigenvalue weighted by Crippen LogP contribution is 1.94. The third-order valence-electron chi connectivity index (χ3n) is 1.41. The van der Waals surface area contributed by atoms with Gasteiger partial charge in [0.05, 0.1) is 20.0 Å². The van der Waals surface area contributed by atoms with Gasteiger partial charge >= 0.3 is 11.9 Å². The van der Waals surface area contributed by atoms with Crippen LogP contribution in [0.4, 0.5) is 0 Å². The Labute approximate surface area is 75.7 Å². The van der Waals surface area contributed by atoms with Crippen molar-refractivity contribution in [2.75, 3.05) is 20.2 Å². The van der Waals surface area contributed by atoms with E-state index in [2.05, 4.69) is 0 Å². The third-order valence-corrected chi connectivity index (χ3v) is 1.41. The molecule has 0 rings (SSSR count). The Kier molecular flexibility index (Phi) is 5.82. The predicted molar refractivity (Wildman–Crippen MR) is 43.1 cm³/mol. The minimum Gasteiger partial charge on any atom is -0.481 e. The van der Waals surface area contributed by atoms with Gasteiger partial charge in [0.1, 0.15) is 0 Å². The van der Waals surface area contributed by atoms with E-state index in [-0.39, 0.29) is 25.9 Å². The number of rotatable bonds is 7. The molecule has 0 spiro atoms. The Morgan fingerprint density at radius 1 is 1.15 bits per heavy atom. The Morgan fingerprint density at radius 3 is 1.77 bits per heavy atom. The third kappa shape index (κ3) is 7.23. The second kappa shape index (κ2) is 6.38. The van der Waals surface area contributed by atoms with Gasteiger partial charge in [-0.25, -0.2) is 0 Å². The van der Waals surface area contributed by atoms with Crippen LogP contribution in [0.15, 0.2) is 0 Å². The minimum absolute atomic E-state index is 0.0620. The number of carboxylic acids is 2. The fourth-order valence-electron chi connectivity index (χ4n) is 0.735. The summed E-state index contributed by atoms with van der Waals surface area (Å²) in [5.41, 5.74) is 0. The predicted octanol–water partition coefficient (Wildman–Crippen LogP) is -0.201. The van der Waals surface area contributed by atoms with E-state index in [1.807, 2.05) is 0 Å². The van der Waals surface area contributed by atoms with Crippen molar-refractivity contribution >= 4 is 11.9 Å². The standard InChI is InChI=1S/C7H13NO5/c1-13-8(4-2-6(9)10)5-3-7(11)12/h2-5H2,1H3,(H,9,10)(H,11,12). The van der Waals surface area contributed by atoms with E-state index in [4.69, 9.17) is 15.1 Å². The van der Waals surface area contributed by atoms with Gasteiger partial charge in [0.25, 0.3) is 0 Å². The Morgan fingerprint density at radius 2 is 1.54 bits per heavy atom. The van der Waals surface area contributed by atoms with Crippen molar-refractivity contribution < 1.29 is 24.6 Å². The summed E-state index contributed by atoms with van der Waals surface area (Å²) in [5, 5.41) is 18.0. The number of carboxylic acid groups (broad SMARTS) is 2. The summed E-state index contributed by atoms with van der Waals surface area (Å²) in [5.74, 6) is -1.87. The van der Waals surface area contributed by atoms with Gasteiger partial charge in [-0.05, 0) is 0 Å². The monoisotopic (exact) mass is 191 g/mol. The lowest BCUT2D eigenvalue weighted by molar-refractivity contribution is -0.154. The molecule has 0 aliphatic heterocycles. The summed E-state index contributed by atoms with van der Waals surface area (Å²) in [6.07, 6.45) is -0.124. The molecule has 0 atom stereocenters. The van der Waals surface area contributed by atoms with Crippen LogP contribution in [0.1, 0.15) is 12.8 Å². The number of hydroxylamine groups is 2. The van der Waals surface area contributed by atoms with Crippen LogP contribution in [0.5, 0.6) is 0 Å². The van der Waals surface area contributed by atoms with Crippen molar-refractivity contribution in [3.63, 3.8) is 0 Å². The van der Waals surface area contributed by atoms with Crippen molar-refractivity contribution in [2.24, 2.45) is 0 Å². The first kappa shape index (κ1) is 11.9. The average molecular weight is 191 g/mol. The quantitative estimate of drug-likeness (QED) is 0.542. The molecule has 0 amide bonds. The van der Waals surface area contributed by atoms with Crippen LogP contribution in [0.2, 0.25) is 0 Å². The van der Waals surface area contributed by atoms with E-state index >= 15 is 0 Å². The molecule has 76 valence electrons. The molecule has 0 bridgehead atoms. The molecule has 0 aliphatic rings. The van der Waals surface area contributed by atoms with Gasteiger partial charge in [-0.2, -0.15) is 5.06 Å². The topological polar surface area (TPSA) is 87.1 Å². The van der Waals surface area contributed by atoms with Crippen LogP contribution >= 0.6 is 0 Å². The smallest absolute Gasteiger partial charge is 0.304 e. The number of hydrogen-bond donors (Lipinski definition) is 2. The highest BCUT2D eigenvalue weighted by Gasteiger charge is 2.08. The van der Waals surface area contributed by atoms with Crippen LogP contribution in [-0.4, -0.2) is 47.4 Å². The summed E-state index contributed by atoms with van der Waals surface area (Å²) in [7, 11) is 1.38. The molecular formula is C7H13NO5. The second-order valence-electron chi connectivity index (χ2n) is 2.40. The maximum atomic E-state index is 10.2. The molecule has 0 fully saturated rings. The zero-order chi connectivity index (χ0) is 10.3. The van der Waals surface area contributed by atoms with Crippen LogP contribution in [0.3, 0.4) is 0 Å². The fourth-order valence-corrected chi connectivity index (χ4v) is 0.735. The molecule has 0 saturated carbocycles. The summed E-state index contributed by atoms with van der Waals surface area (Å²) >= 11 is 0. The van der Waals surface area contributed by atoms with Crippen molar-refractivity contribution in [2.45, 2.75) is 12.8 Å². The molecular weight excluding hydrogens is 178 g/mol.